The Morgan fingerprint density at radius 3 is 2.94 bits per heavy atom. The molecule has 18 heavy (non-hydrogen) atoms. The Hall–Kier alpha value is -1.12. The highest BCUT2D eigenvalue weighted by atomic mass is 15.0. The van der Waals surface area contributed by atoms with E-state index in [1.165, 1.54) is 23.1 Å². The first-order chi connectivity index (χ1) is 8.72. The number of hydrogen-bond donors (Lipinski definition) is 2. The van der Waals surface area contributed by atoms with Gasteiger partial charge in [-0.3, -0.25) is 0 Å². The molecule has 1 saturated heterocycles. The topological polar surface area (TPSA) is 24.1 Å². The van der Waals surface area contributed by atoms with Crippen LogP contribution < -0.4 is 10.6 Å². The molecular formula is C16H24N2. The second kappa shape index (κ2) is 6.17. The average Bonchev–Trinajstić information content (AvgIpc) is 2.84. The number of benzene rings is 1. The predicted molar refractivity (Wildman–Crippen MR) is 78.7 cm³/mol. The maximum atomic E-state index is 3.72. The normalized spacial score (nSPS) is 21.6. The Bertz CT molecular complexity index is 417. The molecule has 0 bridgehead atoms. The molecule has 0 radical (unpaired) electrons. The van der Waals surface area contributed by atoms with Crippen LogP contribution in [0.4, 0.5) is 0 Å². The van der Waals surface area contributed by atoms with Crippen LogP contribution in [0.25, 0.3) is 6.08 Å². The number of aryl methyl sites for hydroxylation is 1. The molecule has 0 saturated carbocycles. The molecule has 2 nitrogen and oxygen atoms in total. The molecule has 0 aromatic heterocycles. The molecule has 0 amide bonds. The van der Waals surface area contributed by atoms with Crippen LogP contribution in [-0.4, -0.2) is 19.1 Å². The van der Waals surface area contributed by atoms with E-state index in [4.69, 9.17) is 0 Å². The number of allylic oxidation sites excluding steroid dienone is 1. The Labute approximate surface area is 110 Å². The monoisotopic (exact) mass is 244 g/mol. The van der Waals surface area contributed by atoms with E-state index >= 15 is 0 Å². The zero-order chi connectivity index (χ0) is 13.0. The van der Waals surface area contributed by atoms with Gasteiger partial charge in [-0.05, 0) is 50.4 Å². The lowest BCUT2D eigenvalue weighted by atomic mass is 9.96. The molecule has 98 valence electrons. The molecule has 2 atom stereocenters. The fourth-order valence-electron chi connectivity index (χ4n) is 2.72. The lowest BCUT2D eigenvalue weighted by Crippen LogP contribution is -2.33. The first-order valence-electron chi connectivity index (χ1n) is 6.91. The van der Waals surface area contributed by atoms with Gasteiger partial charge in [-0.2, -0.15) is 0 Å². The number of rotatable bonds is 4. The molecule has 2 rings (SSSR count). The highest BCUT2D eigenvalue weighted by Gasteiger charge is 2.18. The zero-order valence-corrected chi connectivity index (χ0v) is 11.7. The predicted octanol–water partition coefficient (Wildman–Crippen LogP) is 3.04. The van der Waals surface area contributed by atoms with Crippen LogP contribution in [0.15, 0.2) is 24.3 Å². The molecule has 1 aliphatic rings. The summed E-state index contributed by atoms with van der Waals surface area (Å²) in [4.78, 5) is 0. The number of hydrogen-bond acceptors (Lipinski definition) is 2. The van der Waals surface area contributed by atoms with Crippen molar-refractivity contribution in [2.45, 2.75) is 39.3 Å². The highest BCUT2D eigenvalue weighted by molar-refractivity contribution is 5.58. The molecule has 1 fully saturated rings. The first kappa shape index (κ1) is 13.3. The molecular weight excluding hydrogens is 220 g/mol. The van der Waals surface area contributed by atoms with E-state index in [2.05, 4.69) is 61.8 Å². The van der Waals surface area contributed by atoms with Crippen molar-refractivity contribution in [1.29, 1.82) is 0 Å². The molecule has 0 aliphatic carbocycles. The van der Waals surface area contributed by atoms with E-state index in [1.54, 1.807) is 0 Å². The van der Waals surface area contributed by atoms with Crippen LogP contribution in [0.1, 0.15) is 43.0 Å². The molecule has 1 aromatic rings. The molecule has 0 unspecified atom stereocenters. The minimum atomic E-state index is 0.404. The van der Waals surface area contributed by atoms with Crippen molar-refractivity contribution < 1.29 is 0 Å². The Balaban J connectivity index is 2.17. The van der Waals surface area contributed by atoms with Crippen LogP contribution in [0, 0.1) is 6.92 Å². The van der Waals surface area contributed by atoms with Gasteiger partial charge >= 0.3 is 0 Å². The summed E-state index contributed by atoms with van der Waals surface area (Å²) in [6.07, 6.45) is 5.57. The Morgan fingerprint density at radius 1 is 1.44 bits per heavy atom. The molecule has 1 aromatic carbocycles. The van der Waals surface area contributed by atoms with Crippen molar-refractivity contribution >= 4 is 6.08 Å². The number of nitrogens with one attached hydrogen (secondary N) is 2. The van der Waals surface area contributed by atoms with Gasteiger partial charge < -0.3 is 10.6 Å². The van der Waals surface area contributed by atoms with E-state index in [-0.39, 0.29) is 0 Å². The SMILES string of the molecule is C/C=C\c1c(C)cccc1[C@@H](C)N[C@H]1CCNC1. The molecule has 1 heterocycles. The maximum absolute atomic E-state index is 3.72. The Kier molecular flexibility index (Phi) is 4.56. The van der Waals surface area contributed by atoms with E-state index < -0.39 is 0 Å². The van der Waals surface area contributed by atoms with Crippen molar-refractivity contribution in [3.63, 3.8) is 0 Å². The van der Waals surface area contributed by atoms with Crippen molar-refractivity contribution in [2.75, 3.05) is 13.1 Å². The minimum Gasteiger partial charge on any atom is -0.315 e. The van der Waals surface area contributed by atoms with Gasteiger partial charge in [0.05, 0.1) is 0 Å². The second-order valence-electron chi connectivity index (χ2n) is 5.16. The quantitative estimate of drug-likeness (QED) is 0.850. The second-order valence-corrected chi connectivity index (χ2v) is 5.16. The van der Waals surface area contributed by atoms with E-state index in [9.17, 15) is 0 Å². The van der Waals surface area contributed by atoms with Gasteiger partial charge in [0.15, 0.2) is 0 Å². The molecule has 1 aliphatic heterocycles. The largest absolute Gasteiger partial charge is 0.315 e. The summed E-state index contributed by atoms with van der Waals surface area (Å²) in [6.45, 7) is 8.76. The van der Waals surface area contributed by atoms with Crippen molar-refractivity contribution in [3.05, 3.63) is 41.0 Å². The highest BCUT2D eigenvalue weighted by Crippen LogP contribution is 2.23. The van der Waals surface area contributed by atoms with Gasteiger partial charge in [0.25, 0.3) is 0 Å². The van der Waals surface area contributed by atoms with E-state index in [0.29, 0.717) is 12.1 Å². The van der Waals surface area contributed by atoms with Crippen LogP contribution >= 0.6 is 0 Å². The molecule has 2 N–H and O–H groups in total. The van der Waals surface area contributed by atoms with Crippen molar-refractivity contribution in [2.24, 2.45) is 0 Å². The zero-order valence-electron chi connectivity index (χ0n) is 11.7. The van der Waals surface area contributed by atoms with Crippen LogP contribution in [0.2, 0.25) is 0 Å². The first-order valence-corrected chi connectivity index (χ1v) is 6.91. The van der Waals surface area contributed by atoms with Gasteiger partial charge in [-0.15, -0.1) is 0 Å². The van der Waals surface area contributed by atoms with E-state index in [1.807, 2.05) is 0 Å². The van der Waals surface area contributed by atoms with Gasteiger partial charge in [0, 0.05) is 18.6 Å². The van der Waals surface area contributed by atoms with Crippen LogP contribution in [0.3, 0.4) is 0 Å². The fraction of sp³-hybridized carbons (Fsp3) is 0.500. The van der Waals surface area contributed by atoms with Gasteiger partial charge in [0.1, 0.15) is 0 Å². The van der Waals surface area contributed by atoms with Gasteiger partial charge in [0.2, 0.25) is 0 Å². The lowest BCUT2D eigenvalue weighted by Gasteiger charge is -2.21. The molecule has 2 heteroatoms. The molecule has 0 spiro atoms. The fourth-order valence-corrected chi connectivity index (χ4v) is 2.72. The van der Waals surface area contributed by atoms with Crippen LogP contribution in [0.5, 0.6) is 0 Å². The van der Waals surface area contributed by atoms with Crippen molar-refractivity contribution in [1.82, 2.24) is 10.6 Å². The summed E-state index contributed by atoms with van der Waals surface area (Å²) in [5.74, 6) is 0. The smallest absolute Gasteiger partial charge is 0.0300 e. The minimum absolute atomic E-state index is 0.404. The third-order valence-electron chi connectivity index (χ3n) is 3.70. The Morgan fingerprint density at radius 2 is 2.28 bits per heavy atom. The third-order valence-corrected chi connectivity index (χ3v) is 3.70. The summed E-state index contributed by atoms with van der Waals surface area (Å²) >= 11 is 0. The summed E-state index contributed by atoms with van der Waals surface area (Å²) in [5, 5.41) is 7.13. The van der Waals surface area contributed by atoms with Gasteiger partial charge in [-0.1, -0.05) is 30.4 Å². The standard InChI is InChI=1S/C16H24N2/c1-4-6-15-12(2)7-5-8-16(15)13(3)18-14-9-10-17-11-14/h4-8,13-14,17-18H,9-11H2,1-3H3/b6-4-/t13-,14+/m1/s1. The summed E-state index contributed by atoms with van der Waals surface area (Å²) in [6, 6.07) is 7.59. The maximum Gasteiger partial charge on any atom is 0.0300 e. The summed E-state index contributed by atoms with van der Waals surface area (Å²) in [7, 11) is 0. The van der Waals surface area contributed by atoms with Gasteiger partial charge in [-0.25, -0.2) is 0 Å². The van der Waals surface area contributed by atoms with Crippen molar-refractivity contribution in [3.8, 4) is 0 Å². The third kappa shape index (κ3) is 3.01. The lowest BCUT2D eigenvalue weighted by molar-refractivity contribution is 0.478. The van der Waals surface area contributed by atoms with Crippen LogP contribution in [-0.2, 0) is 0 Å². The average molecular weight is 244 g/mol. The summed E-state index contributed by atoms with van der Waals surface area (Å²) in [5.41, 5.74) is 4.12. The van der Waals surface area contributed by atoms with E-state index in [0.717, 1.165) is 13.1 Å². The summed E-state index contributed by atoms with van der Waals surface area (Å²) < 4.78 is 0.